The number of halogens is 3. The Morgan fingerprint density at radius 2 is 1.84 bits per heavy atom. The van der Waals surface area contributed by atoms with Crippen molar-refractivity contribution in [3.8, 4) is 17.1 Å². The minimum atomic E-state index is -0.319. The Labute approximate surface area is 232 Å². The SMILES string of the molecule is CCC(c1ccc(Cl)c(Cl)c1)N(CCN(C)C)C(=O)c1nc2cccc(OC)n2c1-c1ccc(F)c(C)c1. The lowest BCUT2D eigenvalue weighted by Gasteiger charge is -2.32. The van der Waals surface area contributed by atoms with Crippen molar-refractivity contribution in [3.05, 3.63) is 87.3 Å². The van der Waals surface area contributed by atoms with Gasteiger partial charge in [0.15, 0.2) is 11.6 Å². The normalized spacial score (nSPS) is 12.2. The fourth-order valence-corrected chi connectivity index (χ4v) is 4.94. The molecule has 0 aliphatic heterocycles. The summed E-state index contributed by atoms with van der Waals surface area (Å²) in [6.45, 7) is 4.82. The molecule has 0 aliphatic rings. The Kier molecular flexibility index (Phi) is 8.61. The second kappa shape index (κ2) is 11.7. The zero-order valence-corrected chi connectivity index (χ0v) is 23.6. The maximum absolute atomic E-state index is 14.5. The lowest BCUT2D eigenvalue weighted by atomic mass is 10.0. The molecule has 0 aliphatic carbocycles. The summed E-state index contributed by atoms with van der Waals surface area (Å²) in [4.78, 5) is 23.1. The lowest BCUT2D eigenvalue weighted by Crippen LogP contribution is -2.39. The lowest BCUT2D eigenvalue weighted by molar-refractivity contribution is 0.0651. The van der Waals surface area contributed by atoms with Crippen molar-refractivity contribution in [3.63, 3.8) is 0 Å². The first-order valence-electron chi connectivity index (χ1n) is 12.4. The highest BCUT2D eigenvalue weighted by molar-refractivity contribution is 6.42. The van der Waals surface area contributed by atoms with Crippen LogP contribution >= 0.6 is 23.2 Å². The maximum atomic E-state index is 14.5. The van der Waals surface area contributed by atoms with Crippen LogP contribution in [0, 0.1) is 12.7 Å². The van der Waals surface area contributed by atoms with Gasteiger partial charge in [-0.2, -0.15) is 0 Å². The molecule has 0 N–H and O–H groups in total. The van der Waals surface area contributed by atoms with Gasteiger partial charge in [0, 0.05) is 18.7 Å². The van der Waals surface area contributed by atoms with Crippen molar-refractivity contribution in [1.29, 1.82) is 0 Å². The quantitative estimate of drug-likeness (QED) is 0.224. The number of carbonyl (C=O) groups excluding carboxylic acids is 1. The van der Waals surface area contributed by atoms with Gasteiger partial charge in [0.05, 0.1) is 28.9 Å². The van der Waals surface area contributed by atoms with Gasteiger partial charge >= 0.3 is 0 Å². The molecule has 200 valence electrons. The van der Waals surface area contributed by atoms with E-state index in [0.29, 0.717) is 57.9 Å². The van der Waals surface area contributed by atoms with Crippen LogP contribution in [0.4, 0.5) is 4.39 Å². The number of likely N-dealkylation sites (N-methyl/N-ethyl adjacent to an activating group) is 1. The monoisotopic (exact) mass is 556 g/mol. The predicted octanol–water partition coefficient (Wildman–Crippen LogP) is 6.92. The molecule has 0 saturated heterocycles. The van der Waals surface area contributed by atoms with Gasteiger partial charge in [-0.15, -0.1) is 0 Å². The number of methoxy groups -OCH3 is 1. The largest absolute Gasteiger partial charge is 0.482 e. The molecule has 0 bridgehead atoms. The van der Waals surface area contributed by atoms with E-state index in [0.717, 1.165) is 5.56 Å². The maximum Gasteiger partial charge on any atom is 0.275 e. The number of carbonyl (C=O) groups is 1. The van der Waals surface area contributed by atoms with Crippen LogP contribution in [0.1, 0.15) is 41.0 Å². The van der Waals surface area contributed by atoms with Gasteiger partial charge in [0.1, 0.15) is 11.5 Å². The third-order valence-corrected chi connectivity index (χ3v) is 7.33. The Bertz CT molecular complexity index is 1470. The van der Waals surface area contributed by atoms with E-state index in [1.165, 1.54) is 6.07 Å². The smallest absolute Gasteiger partial charge is 0.275 e. The van der Waals surface area contributed by atoms with E-state index < -0.39 is 0 Å². The summed E-state index contributed by atoms with van der Waals surface area (Å²) in [6.07, 6.45) is 0.652. The van der Waals surface area contributed by atoms with Crippen molar-refractivity contribution >= 4 is 34.8 Å². The summed E-state index contributed by atoms with van der Waals surface area (Å²) in [5.74, 6) is -0.0458. The van der Waals surface area contributed by atoms with Gasteiger partial charge in [-0.05, 0) is 81.0 Å². The number of benzene rings is 2. The molecule has 38 heavy (non-hydrogen) atoms. The van der Waals surface area contributed by atoms with Gasteiger partial charge in [0.25, 0.3) is 5.91 Å². The van der Waals surface area contributed by atoms with E-state index in [-0.39, 0.29) is 23.5 Å². The van der Waals surface area contributed by atoms with Crippen LogP contribution < -0.4 is 4.74 Å². The summed E-state index contributed by atoms with van der Waals surface area (Å²) in [5, 5.41) is 0.889. The molecule has 0 saturated carbocycles. The first-order chi connectivity index (χ1) is 18.2. The first-order valence-corrected chi connectivity index (χ1v) is 13.1. The number of pyridine rings is 1. The number of hydrogen-bond donors (Lipinski definition) is 0. The van der Waals surface area contributed by atoms with Gasteiger partial charge in [-0.1, -0.05) is 42.3 Å². The zero-order chi connectivity index (χ0) is 27.6. The Morgan fingerprint density at radius 3 is 2.47 bits per heavy atom. The van der Waals surface area contributed by atoms with E-state index in [1.54, 1.807) is 42.7 Å². The number of amides is 1. The minimum Gasteiger partial charge on any atom is -0.482 e. The highest BCUT2D eigenvalue weighted by Gasteiger charge is 2.31. The number of fused-ring (bicyclic) bond motifs is 1. The summed E-state index contributed by atoms with van der Waals surface area (Å²) < 4.78 is 21.6. The molecule has 4 rings (SSSR count). The Balaban J connectivity index is 1.93. The number of aromatic nitrogens is 2. The van der Waals surface area contributed by atoms with Crippen LogP contribution in [0.5, 0.6) is 5.88 Å². The predicted molar refractivity (Wildman–Crippen MR) is 151 cm³/mol. The van der Waals surface area contributed by atoms with Crippen molar-refractivity contribution in [2.24, 2.45) is 0 Å². The molecule has 0 radical (unpaired) electrons. The number of hydrogen-bond acceptors (Lipinski definition) is 4. The fraction of sp³-hybridized carbons (Fsp3) is 0.310. The molecule has 1 atom stereocenters. The Morgan fingerprint density at radius 1 is 1.08 bits per heavy atom. The topological polar surface area (TPSA) is 50.1 Å². The van der Waals surface area contributed by atoms with Gasteiger partial charge in [-0.3, -0.25) is 9.20 Å². The molecule has 2 aromatic heterocycles. The highest BCUT2D eigenvalue weighted by Crippen LogP contribution is 2.35. The number of aryl methyl sites for hydroxylation is 1. The molecule has 1 amide bonds. The molecule has 4 aromatic rings. The van der Waals surface area contributed by atoms with E-state index in [2.05, 4.69) is 0 Å². The molecule has 9 heteroatoms. The third-order valence-electron chi connectivity index (χ3n) is 6.59. The average Bonchev–Trinajstić information content (AvgIpc) is 3.29. The van der Waals surface area contributed by atoms with Crippen LogP contribution in [0.2, 0.25) is 10.0 Å². The standard InChI is InChI=1S/C29H31Cl2FN4O2/c1-6-24(19-10-12-21(30)22(31)17-19)35(15-14-34(3)4)29(37)27-28(20-11-13-23(32)18(2)16-20)36-25(33-27)8-7-9-26(36)38-5/h7-13,16-17,24H,6,14-15H2,1-5H3. The molecule has 6 nitrogen and oxygen atoms in total. The van der Waals surface area contributed by atoms with Gasteiger partial charge < -0.3 is 14.5 Å². The number of imidazole rings is 1. The van der Waals surface area contributed by atoms with Crippen LogP contribution in [0.25, 0.3) is 16.9 Å². The summed E-state index contributed by atoms with van der Waals surface area (Å²) in [5.41, 5.74) is 3.38. The molecular formula is C29H31Cl2FN4O2. The third kappa shape index (κ3) is 5.51. The van der Waals surface area contributed by atoms with E-state index in [1.807, 2.05) is 55.1 Å². The average molecular weight is 557 g/mol. The van der Waals surface area contributed by atoms with Gasteiger partial charge in [0.2, 0.25) is 0 Å². The zero-order valence-electron chi connectivity index (χ0n) is 22.1. The molecule has 2 heterocycles. The van der Waals surface area contributed by atoms with Crippen LogP contribution in [-0.2, 0) is 0 Å². The molecule has 2 aromatic carbocycles. The second-order valence-corrected chi connectivity index (χ2v) is 10.2. The Hall–Kier alpha value is -3.13. The number of ether oxygens (including phenoxy) is 1. The molecular weight excluding hydrogens is 526 g/mol. The second-order valence-electron chi connectivity index (χ2n) is 9.43. The van der Waals surface area contributed by atoms with E-state index >= 15 is 0 Å². The van der Waals surface area contributed by atoms with Crippen molar-refractivity contribution in [2.45, 2.75) is 26.3 Å². The first kappa shape index (κ1) is 27.9. The van der Waals surface area contributed by atoms with Crippen LogP contribution in [0.15, 0.2) is 54.6 Å². The van der Waals surface area contributed by atoms with Crippen molar-refractivity contribution in [1.82, 2.24) is 19.2 Å². The van der Waals surface area contributed by atoms with Crippen LogP contribution in [-0.4, -0.2) is 59.4 Å². The molecule has 1 unspecified atom stereocenters. The van der Waals surface area contributed by atoms with E-state index in [4.69, 9.17) is 32.9 Å². The summed E-state index contributed by atoms with van der Waals surface area (Å²) >= 11 is 12.5. The summed E-state index contributed by atoms with van der Waals surface area (Å²) in [6, 6.07) is 15.4. The van der Waals surface area contributed by atoms with Crippen molar-refractivity contribution in [2.75, 3.05) is 34.3 Å². The molecule has 0 spiro atoms. The van der Waals surface area contributed by atoms with E-state index in [9.17, 15) is 9.18 Å². The fourth-order valence-electron chi connectivity index (χ4n) is 4.63. The minimum absolute atomic E-state index is 0.243. The van der Waals surface area contributed by atoms with Gasteiger partial charge in [-0.25, -0.2) is 9.37 Å². The molecule has 0 fully saturated rings. The number of rotatable bonds is 9. The van der Waals surface area contributed by atoms with Crippen molar-refractivity contribution < 1.29 is 13.9 Å². The van der Waals surface area contributed by atoms with Crippen LogP contribution in [0.3, 0.4) is 0 Å². The highest BCUT2D eigenvalue weighted by atomic mass is 35.5. The number of nitrogens with zero attached hydrogens (tertiary/aromatic N) is 4. The summed E-state index contributed by atoms with van der Waals surface area (Å²) in [7, 11) is 5.49.